The van der Waals surface area contributed by atoms with Gasteiger partial charge in [0.2, 0.25) is 0 Å². The Balaban J connectivity index is 1.59. The first-order valence-corrected chi connectivity index (χ1v) is 8.49. The van der Waals surface area contributed by atoms with Crippen LogP contribution in [0.25, 0.3) is 0 Å². The van der Waals surface area contributed by atoms with E-state index in [1.54, 1.807) is 35.2 Å². The van der Waals surface area contributed by atoms with Crippen LogP contribution in [-0.4, -0.2) is 41.9 Å². The molecule has 3 nitrogen and oxygen atoms in total. The third kappa shape index (κ3) is 4.07. The third-order valence-corrected chi connectivity index (χ3v) is 4.66. The smallest absolute Gasteiger partial charge is 0.255 e. The van der Waals surface area contributed by atoms with E-state index < -0.39 is 0 Å². The molecule has 1 aliphatic heterocycles. The first kappa shape index (κ1) is 17.2. The summed E-state index contributed by atoms with van der Waals surface area (Å²) >= 11 is 12.0. The molecular formula is C18H17Cl2FN2O. The van der Waals surface area contributed by atoms with Crippen molar-refractivity contribution < 1.29 is 9.18 Å². The van der Waals surface area contributed by atoms with Gasteiger partial charge in [-0.15, -0.1) is 0 Å². The Morgan fingerprint density at radius 3 is 2.46 bits per heavy atom. The zero-order valence-corrected chi connectivity index (χ0v) is 14.5. The Morgan fingerprint density at radius 1 is 1.04 bits per heavy atom. The average Bonchev–Trinajstić information content (AvgIpc) is 2.55. The number of amides is 1. The molecule has 1 aliphatic rings. The number of piperazine rings is 1. The number of hydrogen-bond donors (Lipinski definition) is 0. The second-order valence-electron chi connectivity index (χ2n) is 5.82. The molecule has 1 heterocycles. The predicted molar refractivity (Wildman–Crippen MR) is 94.0 cm³/mol. The molecule has 0 N–H and O–H groups in total. The van der Waals surface area contributed by atoms with Crippen LogP contribution in [0.2, 0.25) is 10.0 Å². The van der Waals surface area contributed by atoms with Gasteiger partial charge in [-0.3, -0.25) is 9.69 Å². The summed E-state index contributed by atoms with van der Waals surface area (Å²) in [6.45, 7) is 3.41. The predicted octanol–water partition coefficient (Wildman–Crippen LogP) is 4.09. The molecular weight excluding hydrogens is 350 g/mol. The van der Waals surface area contributed by atoms with Crippen molar-refractivity contribution in [1.82, 2.24) is 9.80 Å². The molecule has 1 fully saturated rings. The quantitative estimate of drug-likeness (QED) is 0.816. The number of benzene rings is 2. The van der Waals surface area contributed by atoms with Crippen molar-refractivity contribution in [3.05, 3.63) is 69.5 Å². The van der Waals surface area contributed by atoms with E-state index in [0.717, 1.165) is 18.7 Å². The van der Waals surface area contributed by atoms with Crippen LogP contribution in [0.15, 0.2) is 42.5 Å². The topological polar surface area (TPSA) is 23.6 Å². The van der Waals surface area contributed by atoms with Gasteiger partial charge < -0.3 is 4.90 Å². The van der Waals surface area contributed by atoms with Gasteiger partial charge in [0.25, 0.3) is 5.91 Å². The molecule has 126 valence electrons. The third-order valence-electron chi connectivity index (χ3n) is 4.12. The van der Waals surface area contributed by atoms with Crippen LogP contribution in [0.5, 0.6) is 0 Å². The van der Waals surface area contributed by atoms with Gasteiger partial charge in [-0.1, -0.05) is 35.3 Å². The van der Waals surface area contributed by atoms with Crippen LogP contribution in [0, 0.1) is 5.82 Å². The number of rotatable bonds is 3. The highest BCUT2D eigenvalue weighted by atomic mass is 35.5. The summed E-state index contributed by atoms with van der Waals surface area (Å²) < 4.78 is 13.2. The largest absolute Gasteiger partial charge is 0.336 e. The van der Waals surface area contributed by atoms with E-state index in [-0.39, 0.29) is 11.7 Å². The first-order valence-electron chi connectivity index (χ1n) is 7.74. The minimum Gasteiger partial charge on any atom is -0.336 e. The van der Waals surface area contributed by atoms with Crippen LogP contribution in [0.1, 0.15) is 15.9 Å². The molecule has 1 saturated heterocycles. The number of carbonyl (C=O) groups excluding carboxylic acids is 1. The van der Waals surface area contributed by atoms with E-state index in [1.807, 2.05) is 6.07 Å². The lowest BCUT2D eigenvalue weighted by Crippen LogP contribution is -2.48. The van der Waals surface area contributed by atoms with Crippen molar-refractivity contribution in [2.75, 3.05) is 26.2 Å². The zero-order chi connectivity index (χ0) is 17.1. The lowest BCUT2D eigenvalue weighted by molar-refractivity contribution is 0.0628. The van der Waals surface area contributed by atoms with Gasteiger partial charge in [0, 0.05) is 37.7 Å². The van der Waals surface area contributed by atoms with Gasteiger partial charge in [-0.25, -0.2) is 4.39 Å². The Morgan fingerprint density at radius 2 is 1.79 bits per heavy atom. The second kappa shape index (κ2) is 7.51. The lowest BCUT2D eigenvalue weighted by Gasteiger charge is -2.35. The minimum atomic E-state index is -0.223. The van der Waals surface area contributed by atoms with E-state index in [1.165, 1.54) is 6.07 Å². The molecule has 0 spiro atoms. The number of carbonyl (C=O) groups is 1. The molecule has 0 aliphatic carbocycles. The molecule has 0 saturated carbocycles. The summed E-state index contributed by atoms with van der Waals surface area (Å²) in [4.78, 5) is 16.6. The van der Waals surface area contributed by atoms with Crippen molar-refractivity contribution in [3.8, 4) is 0 Å². The normalized spacial score (nSPS) is 15.5. The summed E-state index contributed by atoms with van der Waals surface area (Å²) in [5.74, 6) is -0.305. The van der Waals surface area contributed by atoms with Crippen molar-refractivity contribution in [2.24, 2.45) is 0 Å². The Labute approximate surface area is 150 Å². The Bertz CT molecular complexity index is 746. The van der Waals surface area contributed by atoms with Crippen molar-refractivity contribution in [2.45, 2.75) is 6.54 Å². The summed E-state index contributed by atoms with van der Waals surface area (Å²) in [7, 11) is 0. The summed E-state index contributed by atoms with van der Waals surface area (Å²) in [5.41, 5.74) is 1.41. The number of hydrogen-bond acceptors (Lipinski definition) is 2. The molecule has 0 unspecified atom stereocenters. The zero-order valence-electron chi connectivity index (χ0n) is 13.0. The average molecular weight is 367 g/mol. The van der Waals surface area contributed by atoms with E-state index >= 15 is 0 Å². The highest BCUT2D eigenvalue weighted by Gasteiger charge is 2.23. The van der Waals surface area contributed by atoms with Crippen molar-refractivity contribution in [3.63, 3.8) is 0 Å². The molecule has 6 heteroatoms. The molecule has 1 amide bonds. The van der Waals surface area contributed by atoms with Gasteiger partial charge in [-0.05, 0) is 35.9 Å². The van der Waals surface area contributed by atoms with Gasteiger partial charge in [0.05, 0.1) is 10.6 Å². The number of halogens is 3. The fraction of sp³-hybridized carbons (Fsp3) is 0.278. The summed E-state index contributed by atoms with van der Waals surface area (Å²) in [6, 6.07) is 11.5. The van der Waals surface area contributed by atoms with Crippen molar-refractivity contribution in [1.29, 1.82) is 0 Å². The van der Waals surface area contributed by atoms with Gasteiger partial charge in [0.15, 0.2) is 0 Å². The minimum absolute atomic E-state index is 0.0814. The van der Waals surface area contributed by atoms with Crippen LogP contribution in [0.3, 0.4) is 0 Å². The van der Waals surface area contributed by atoms with E-state index in [2.05, 4.69) is 4.90 Å². The van der Waals surface area contributed by atoms with Gasteiger partial charge in [-0.2, -0.15) is 0 Å². The molecule has 3 rings (SSSR count). The van der Waals surface area contributed by atoms with Crippen LogP contribution < -0.4 is 0 Å². The molecule has 0 bridgehead atoms. The molecule has 2 aromatic carbocycles. The maximum atomic E-state index is 13.2. The monoisotopic (exact) mass is 366 g/mol. The molecule has 2 aromatic rings. The molecule has 0 atom stereocenters. The Kier molecular flexibility index (Phi) is 5.39. The molecule has 0 aromatic heterocycles. The van der Waals surface area contributed by atoms with Gasteiger partial charge >= 0.3 is 0 Å². The summed E-state index contributed by atoms with van der Waals surface area (Å²) in [5, 5.41) is 0.881. The van der Waals surface area contributed by atoms with Crippen LogP contribution in [0.4, 0.5) is 4.39 Å². The highest BCUT2D eigenvalue weighted by molar-refractivity contribution is 6.36. The standard InChI is InChI=1S/C18H17Cl2FN2O/c19-14-4-5-16(17(20)11-14)18(24)23-8-6-22(7-9-23)12-13-2-1-3-15(21)10-13/h1-5,10-11H,6-9,12H2. The maximum Gasteiger partial charge on any atom is 0.255 e. The van der Waals surface area contributed by atoms with E-state index in [9.17, 15) is 9.18 Å². The van der Waals surface area contributed by atoms with E-state index in [0.29, 0.717) is 35.2 Å². The SMILES string of the molecule is O=C(c1ccc(Cl)cc1Cl)N1CCN(Cc2cccc(F)c2)CC1. The second-order valence-corrected chi connectivity index (χ2v) is 6.67. The first-order chi connectivity index (χ1) is 11.5. The van der Waals surface area contributed by atoms with Gasteiger partial charge in [0.1, 0.15) is 5.82 Å². The number of nitrogens with zero attached hydrogens (tertiary/aromatic N) is 2. The fourth-order valence-corrected chi connectivity index (χ4v) is 3.33. The molecule has 24 heavy (non-hydrogen) atoms. The fourth-order valence-electron chi connectivity index (χ4n) is 2.84. The highest BCUT2D eigenvalue weighted by Crippen LogP contribution is 2.23. The Hall–Kier alpha value is -1.62. The van der Waals surface area contributed by atoms with Crippen LogP contribution >= 0.6 is 23.2 Å². The molecule has 0 radical (unpaired) electrons. The summed E-state index contributed by atoms with van der Waals surface area (Å²) in [6.07, 6.45) is 0. The van der Waals surface area contributed by atoms with Crippen LogP contribution in [-0.2, 0) is 6.54 Å². The van der Waals surface area contributed by atoms with E-state index in [4.69, 9.17) is 23.2 Å². The lowest BCUT2D eigenvalue weighted by atomic mass is 10.1. The van der Waals surface area contributed by atoms with Crippen molar-refractivity contribution >= 4 is 29.1 Å². The maximum absolute atomic E-state index is 13.2.